The summed E-state index contributed by atoms with van der Waals surface area (Å²) < 4.78 is 7.91. The molecular formula is C20H18N4O. The highest BCUT2D eigenvalue weighted by molar-refractivity contribution is 5.66. The quantitative estimate of drug-likeness (QED) is 0.554. The number of hydrogen-bond acceptors (Lipinski definition) is 4. The first kappa shape index (κ1) is 15.3. The fourth-order valence-electron chi connectivity index (χ4n) is 2.79. The maximum atomic E-state index is 6.09. The summed E-state index contributed by atoms with van der Waals surface area (Å²) in [4.78, 5) is 9.20. The molecule has 0 aliphatic heterocycles. The molecule has 0 N–H and O–H groups in total. The number of rotatable bonds is 4. The molecule has 5 heteroatoms. The van der Waals surface area contributed by atoms with Crippen molar-refractivity contribution in [2.45, 2.75) is 20.3 Å². The van der Waals surface area contributed by atoms with Gasteiger partial charge in [0.1, 0.15) is 17.0 Å². The third-order valence-electron chi connectivity index (χ3n) is 4.02. The van der Waals surface area contributed by atoms with Gasteiger partial charge >= 0.3 is 0 Å². The second kappa shape index (κ2) is 6.36. The molecule has 0 bridgehead atoms. The van der Waals surface area contributed by atoms with Crippen molar-refractivity contribution in [3.8, 4) is 23.1 Å². The van der Waals surface area contributed by atoms with Crippen molar-refractivity contribution in [1.29, 1.82) is 0 Å². The van der Waals surface area contributed by atoms with Crippen LogP contribution in [0.5, 0.6) is 11.6 Å². The molecular weight excluding hydrogens is 312 g/mol. The Morgan fingerprint density at radius 1 is 0.960 bits per heavy atom. The molecule has 1 aromatic carbocycles. The number of hydrogen-bond donors (Lipinski definition) is 0. The van der Waals surface area contributed by atoms with E-state index < -0.39 is 0 Å². The summed E-state index contributed by atoms with van der Waals surface area (Å²) in [5.41, 5.74) is 3.69. The normalized spacial score (nSPS) is 11.0. The van der Waals surface area contributed by atoms with Gasteiger partial charge in [-0.05, 0) is 49.2 Å². The van der Waals surface area contributed by atoms with Gasteiger partial charge in [0.25, 0.3) is 0 Å². The summed E-state index contributed by atoms with van der Waals surface area (Å²) in [7, 11) is 0. The van der Waals surface area contributed by atoms with Crippen molar-refractivity contribution >= 4 is 5.52 Å². The number of nitrogens with zero attached hydrogens (tertiary/aromatic N) is 4. The van der Waals surface area contributed by atoms with Crippen LogP contribution in [-0.2, 0) is 6.42 Å². The average molecular weight is 330 g/mol. The van der Waals surface area contributed by atoms with Crippen LogP contribution in [-0.4, -0.2) is 19.6 Å². The Morgan fingerprint density at radius 3 is 2.56 bits per heavy atom. The molecule has 0 atom stereocenters. The van der Waals surface area contributed by atoms with Crippen molar-refractivity contribution < 1.29 is 4.74 Å². The molecule has 0 amide bonds. The number of aryl methyl sites for hydroxylation is 2. The van der Waals surface area contributed by atoms with Gasteiger partial charge in [0.05, 0.1) is 0 Å². The lowest BCUT2D eigenvalue weighted by Crippen LogP contribution is -2.03. The monoisotopic (exact) mass is 330 g/mol. The number of para-hydroxylation sites is 1. The van der Waals surface area contributed by atoms with Gasteiger partial charge in [0.2, 0.25) is 11.7 Å². The largest absolute Gasteiger partial charge is 0.437 e. The summed E-state index contributed by atoms with van der Waals surface area (Å²) in [6.07, 6.45) is 2.82. The SMILES string of the molecule is CCc1ccn2nc(-c3cccc(C)n3)nc(Oc3ccccc3)c12. The first-order chi connectivity index (χ1) is 12.2. The highest BCUT2D eigenvalue weighted by atomic mass is 16.5. The van der Waals surface area contributed by atoms with E-state index in [4.69, 9.17) is 4.74 Å². The Kier molecular flexibility index (Phi) is 3.90. The molecule has 4 aromatic rings. The van der Waals surface area contributed by atoms with E-state index in [1.54, 1.807) is 0 Å². The average Bonchev–Trinajstić information content (AvgIpc) is 3.06. The van der Waals surface area contributed by atoms with Crippen LogP contribution in [0.2, 0.25) is 0 Å². The number of benzene rings is 1. The van der Waals surface area contributed by atoms with Crippen molar-refractivity contribution in [2.24, 2.45) is 0 Å². The molecule has 25 heavy (non-hydrogen) atoms. The number of pyridine rings is 1. The Morgan fingerprint density at radius 2 is 1.80 bits per heavy atom. The van der Waals surface area contributed by atoms with Crippen LogP contribution in [0.25, 0.3) is 17.0 Å². The predicted octanol–water partition coefficient (Wildman–Crippen LogP) is 4.45. The highest BCUT2D eigenvalue weighted by Gasteiger charge is 2.15. The Hall–Kier alpha value is -3.21. The first-order valence-corrected chi connectivity index (χ1v) is 8.30. The third-order valence-corrected chi connectivity index (χ3v) is 4.02. The fraction of sp³-hybridized carbons (Fsp3) is 0.150. The molecule has 3 aromatic heterocycles. The van der Waals surface area contributed by atoms with E-state index in [1.807, 2.05) is 66.2 Å². The van der Waals surface area contributed by atoms with Crippen molar-refractivity contribution in [3.63, 3.8) is 0 Å². The minimum atomic E-state index is 0.542. The Bertz CT molecular complexity index is 1020. The molecule has 5 nitrogen and oxygen atoms in total. The van der Waals surface area contributed by atoms with Crippen molar-refractivity contribution in [3.05, 3.63) is 72.1 Å². The van der Waals surface area contributed by atoms with E-state index >= 15 is 0 Å². The second-order valence-electron chi connectivity index (χ2n) is 5.81. The molecule has 0 fully saturated rings. The van der Waals surface area contributed by atoms with Gasteiger partial charge in [0.15, 0.2) is 0 Å². The molecule has 3 heterocycles. The van der Waals surface area contributed by atoms with Crippen LogP contribution in [0.15, 0.2) is 60.8 Å². The second-order valence-corrected chi connectivity index (χ2v) is 5.81. The highest BCUT2D eigenvalue weighted by Crippen LogP contribution is 2.29. The van der Waals surface area contributed by atoms with Crippen LogP contribution < -0.4 is 4.74 Å². The van der Waals surface area contributed by atoms with Crippen LogP contribution in [0.1, 0.15) is 18.2 Å². The zero-order valence-corrected chi connectivity index (χ0v) is 14.2. The number of ether oxygens (including phenoxy) is 1. The lowest BCUT2D eigenvalue weighted by Gasteiger charge is -2.10. The minimum Gasteiger partial charge on any atom is -0.437 e. The molecule has 0 radical (unpaired) electrons. The summed E-state index contributed by atoms with van der Waals surface area (Å²) in [6, 6.07) is 17.5. The maximum absolute atomic E-state index is 6.09. The first-order valence-electron chi connectivity index (χ1n) is 8.30. The van der Waals surface area contributed by atoms with Gasteiger partial charge in [-0.25, -0.2) is 9.50 Å². The van der Waals surface area contributed by atoms with Crippen molar-refractivity contribution in [1.82, 2.24) is 19.6 Å². The molecule has 0 saturated carbocycles. The van der Waals surface area contributed by atoms with Gasteiger partial charge in [-0.3, -0.25) is 0 Å². The van der Waals surface area contributed by atoms with E-state index in [2.05, 4.69) is 28.1 Å². The van der Waals surface area contributed by atoms with E-state index in [0.29, 0.717) is 11.7 Å². The molecule has 0 aliphatic carbocycles. The zero-order valence-electron chi connectivity index (χ0n) is 14.2. The molecule has 0 aliphatic rings. The Balaban J connectivity index is 1.89. The van der Waals surface area contributed by atoms with E-state index in [9.17, 15) is 0 Å². The van der Waals surface area contributed by atoms with Crippen LogP contribution in [0.4, 0.5) is 0 Å². The number of fused-ring (bicyclic) bond motifs is 1. The van der Waals surface area contributed by atoms with Crippen LogP contribution in [0.3, 0.4) is 0 Å². The molecule has 0 unspecified atom stereocenters. The van der Waals surface area contributed by atoms with Crippen LogP contribution in [0, 0.1) is 6.92 Å². The van der Waals surface area contributed by atoms with E-state index in [-0.39, 0.29) is 0 Å². The predicted molar refractivity (Wildman–Crippen MR) is 96.8 cm³/mol. The standard InChI is InChI=1S/C20H18N4O/c1-3-15-12-13-24-18(15)20(25-16-9-5-4-6-10-16)22-19(23-24)17-11-7-8-14(2)21-17/h4-13H,3H2,1-2H3. The fourth-order valence-corrected chi connectivity index (χ4v) is 2.79. The summed E-state index contributed by atoms with van der Waals surface area (Å²) >= 11 is 0. The smallest absolute Gasteiger partial charge is 0.247 e. The van der Waals surface area contributed by atoms with Gasteiger partial charge in [-0.2, -0.15) is 4.98 Å². The van der Waals surface area contributed by atoms with Crippen molar-refractivity contribution in [2.75, 3.05) is 0 Å². The lowest BCUT2D eigenvalue weighted by molar-refractivity contribution is 0.463. The molecule has 0 saturated heterocycles. The molecule has 4 rings (SSSR count). The van der Waals surface area contributed by atoms with E-state index in [1.165, 1.54) is 0 Å². The third kappa shape index (κ3) is 2.96. The zero-order chi connectivity index (χ0) is 17.2. The van der Waals surface area contributed by atoms with Gasteiger partial charge in [-0.1, -0.05) is 31.2 Å². The van der Waals surface area contributed by atoms with Gasteiger partial charge in [0, 0.05) is 11.9 Å². The number of aromatic nitrogens is 4. The topological polar surface area (TPSA) is 52.3 Å². The Labute approximate surface area is 145 Å². The van der Waals surface area contributed by atoms with Crippen LogP contribution >= 0.6 is 0 Å². The maximum Gasteiger partial charge on any atom is 0.247 e. The summed E-state index contributed by atoms with van der Waals surface area (Å²) in [5, 5.41) is 4.62. The summed E-state index contributed by atoms with van der Waals surface area (Å²) in [5.74, 6) is 1.83. The minimum absolute atomic E-state index is 0.542. The van der Waals surface area contributed by atoms with Gasteiger partial charge < -0.3 is 4.74 Å². The lowest BCUT2D eigenvalue weighted by atomic mass is 10.2. The molecule has 0 spiro atoms. The van der Waals surface area contributed by atoms with Gasteiger partial charge in [-0.15, -0.1) is 5.10 Å². The van der Waals surface area contributed by atoms with E-state index in [0.717, 1.165) is 34.6 Å². The summed E-state index contributed by atoms with van der Waals surface area (Å²) in [6.45, 7) is 4.06. The molecule has 124 valence electrons.